The molecule has 2 nitrogen and oxygen atoms in total. The van der Waals surface area contributed by atoms with E-state index >= 15 is 0 Å². The maximum Gasteiger partial charge on any atom is 0.0123 e. The summed E-state index contributed by atoms with van der Waals surface area (Å²) < 4.78 is 0. The van der Waals surface area contributed by atoms with Crippen molar-refractivity contribution in [1.82, 2.24) is 10.2 Å². The predicted octanol–water partition coefficient (Wildman–Crippen LogP) is 2.74. The highest BCUT2D eigenvalue weighted by atomic mass is 15.2. The molecule has 4 atom stereocenters. The number of nitrogens with one attached hydrogen (secondary N) is 1. The van der Waals surface area contributed by atoms with Crippen molar-refractivity contribution in [1.29, 1.82) is 0 Å². The number of piperidine rings is 1. The molecule has 0 amide bonds. The highest BCUT2D eigenvalue weighted by molar-refractivity contribution is 4.87. The van der Waals surface area contributed by atoms with Crippen LogP contribution in [0, 0.1) is 17.8 Å². The summed E-state index contributed by atoms with van der Waals surface area (Å²) in [6.07, 6.45) is 7.16. The van der Waals surface area contributed by atoms with Crippen LogP contribution in [0.3, 0.4) is 0 Å². The molecule has 1 N–H and O–H groups in total. The van der Waals surface area contributed by atoms with Gasteiger partial charge in [0.2, 0.25) is 0 Å². The summed E-state index contributed by atoms with van der Waals surface area (Å²) in [6, 6.07) is 0.874. The monoisotopic (exact) mass is 238 g/mol. The number of nitrogens with zero attached hydrogens (tertiary/aromatic N) is 1. The Labute approximate surface area is 107 Å². The summed E-state index contributed by atoms with van der Waals surface area (Å²) in [5.41, 5.74) is 0. The molecule has 2 aliphatic rings. The quantitative estimate of drug-likeness (QED) is 0.813. The fourth-order valence-electron chi connectivity index (χ4n) is 3.86. The minimum atomic E-state index is 0.874. The fourth-order valence-corrected chi connectivity index (χ4v) is 3.86. The van der Waals surface area contributed by atoms with Crippen LogP contribution in [0.4, 0.5) is 0 Å². The van der Waals surface area contributed by atoms with Crippen LogP contribution >= 0.6 is 0 Å². The standard InChI is InChI=1S/C15H30N2/c1-12-6-7-13(2)15(9-12)17-8-4-5-14(11-17)10-16-3/h12-16H,4-11H2,1-3H3. The third-order valence-corrected chi connectivity index (χ3v) is 4.93. The van der Waals surface area contributed by atoms with E-state index in [1.54, 1.807) is 0 Å². The molecule has 1 saturated carbocycles. The Morgan fingerprint density at radius 2 is 2.00 bits per heavy atom. The van der Waals surface area contributed by atoms with Gasteiger partial charge in [-0.15, -0.1) is 0 Å². The van der Waals surface area contributed by atoms with Crippen molar-refractivity contribution in [2.45, 2.75) is 52.0 Å². The normalized spacial score (nSPS) is 40.4. The van der Waals surface area contributed by atoms with Gasteiger partial charge in [0.05, 0.1) is 0 Å². The molecule has 0 radical (unpaired) electrons. The molecule has 1 heterocycles. The van der Waals surface area contributed by atoms with Crippen molar-refractivity contribution in [2.24, 2.45) is 17.8 Å². The Hall–Kier alpha value is -0.0800. The Morgan fingerprint density at radius 1 is 1.18 bits per heavy atom. The second-order valence-corrected chi connectivity index (χ2v) is 6.52. The lowest BCUT2D eigenvalue weighted by Crippen LogP contribution is -2.49. The van der Waals surface area contributed by atoms with Gasteiger partial charge in [-0.05, 0) is 63.6 Å². The average Bonchev–Trinajstić information content (AvgIpc) is 2.33. The van der Waals surface area contributed by atoms with E-state index in [0.29, 0.717) is 0 Å². The first-order chi connectivity index (χ1) is 8.20. The zero-order valence-electron chi connectivity index (χ0n) is 11.9. The topological polar surface area (TPSA) is 15.3 Å². The fraction of sp³-hybridized carbons (Fsp3) is 1.00. The van der Waals surface area contributed by atoms with Crippen LogP contribution in [-0.2, 0) is 0 Å². The van der Waals surface area contributed by atoms with Crippen LogP contribution in [-0.4, -0.2) is 37.6 Å². The molecule has 1 aliphatic carbocycles. The number of hydrogen-bond acceptors (Lipinski definition) is 2. The van der Waals surface area contributed by atoms with E-state index in [1.807, 2.05) is 0 Å². The van der Waals surface area contributed by atoms with Crippen LogP contribution in [0.5, 0.6) is 0 Å². The lowest BCUT2D eigenvalue weighted by molar-refractivity contribution is 0.0532. The summed E-state index contributed by atoms with van der Waals surface area (Å²) in [4.78, 5) is 2.81. The molecule has 100 valence electrons. The van der Waals surface area contributed by atoms with Crippen molar-refractivity contribution in [3.8, 4) is 0 Å². The van der Waals surface area contributed by atoms with Crippen molar-refractivity contribution in [3.05, 3.63) is 0 Å². The van der Waals surface area contributed by atoms with Crippen LogP contribution in [0.1, 0.15) is 46.0 Å². The van der Waals surface area contributed by atoms with Gasteiger partial charge in [-0.1, -0.05) is 20.3 Å². The largest absolute Gasteiger partial charge is 0.319 e. The van der Waals surface area contributed by atoms with Crippen LogP contribution in [0.25, 0.3) is 0 Å². The molecule has 0 aromatic heterocycles. The van der Waals surface area contributed by atoms with E-state index in [1.165, 1.54) is 51.7 Å². The number of hydrogen-bond donors (Lipinski definition) is 1. The van der Waals surface area contributed by atoms with E-state index in [4.69, 9.17) is 0 Å². The van der Waals surface area contributed by atoms with E-state index < -0.39 is 0 Å². The van der Waals surface area contributed by atoms with Gasteiger partial charge in [0.1, 0.15) is 0 Å². The lowest BCUT2D eigenvalue weighted by Gasteiger charge is -2.44. The molecular weight excluding hydrogens is 208 g/mol. The summed E-state index contributed by atoms with van der Waals surface area (Å²) in [6.45, 7) is 8.80. The lowest BCUT2D eigenvalue weighted by atomic mass is 9.78. The Balaban J connectivity index is 1.91. The van der Waals surface area contributed by atoms with Crippen molar-refractivity contribution >= 4 is 0 Å². The molecule has 2 rings (SSSR count). The molecule has 1 saturated heterocycles. The van der Waals surface area contributed by atoms with E-state index in [9.17, 15) is 0 Å². The Morgan fingerprint density at radius 3 is 2.76 bits per heavy atom. The summed E-state index contributed by atoms with van der Waals surface area (Å²) in [5, 5.41) is 3.35. The van der Waals surface area contributed by atoms with Crippen LogP contribution in [0.15, 0.2) is 0 Å². The van der Waals surface area contributed by atoms with E-state index in [0.717, 1.165) is 23.8 Å². The number of rotatable bonds is 3. The first-order valence-electron chi connectivity index (χ1n) is 7.59. The molecule has 0 bridgehead atoms. The second-order valence-electron chi connectivity index (χ2n) is 6.52. The number of likely N-dealkylation sites (tertiary alicyclic amines) is 1. The minimum absolute atomic E-state index is 0.874. The molecule has 2 fully saturated rings. The Kier molecular flexibility index (Phi) is 4.87. The van der Waals surface area contributed by atoms with E-state index in [2.05, 4.69) is 31.1 Å². The van der Waals surface area contributed by atoms with Gasteiger partial charge in [0.25, 0.3) is 0 Å². The summed E-state index contributed by atoms with van der Waals surface area (Å²) >= 11 is 0. The van der Waals surface area contributed by atoms with Gasteiger partial charge >= 0.3 is 0 Å². The zero-order valence-corrected chi connectivity index (χ0v) is 11.9. The summed E-state index contributed by atoms with van der Waals surface area (Å²) in [5.74, 6) is 2.75. The minimum Gasteiger partial charge on any atom is -0.319 e. The zero-order chi connectivity index (χ0) is 12.3. The third-order valence-electron chi connectivity index (χ3n) is 4.93. The SMILES string of the molecule is CNCC1CCCN(C2CC(C)CCC2C)C1. The van der Waals surface area contributed by atoms with Crippen molar-refractivity contribution in [2.75, 3.05) is 26.7 Å². The molecule has 0 aromatic rings. The van der Waals surface area contributed by atoms with Crippen molar-refractivity contribution < 1.29 is 0 Å². The van der Waals surface area contributed by atoms with Gasteiger partial charge < -0.3 is 5.32 Å². The second kappa shape index (κ2) is 6.19. The Bertz CT molecular complexity index is 227. The molecule has 0 aromatic carbocycles. The van der Waals surface area contributed by atoms with E-state index in [-0.39, 0.29) is 0 Å². The maximum absolute atomic E-state index is 3.35. The van der Waals surface area contributed by atoms with Crippen LogP contribution in [0.2, 0.25) is 0 Å². The molecule has 0 spiro atoms. The maximum atomic E-state index is 3.35. The van der Waals surface area contributed by atoms with Gasteiger partial charge in [0.15, 0.2) is 0 Å². The molecule has 4 unspecified atom stereocenters. The van der Waals surface area contributed by atoms with Gasteiger partial charge in [-0.2, -0.15) is 0 Å². The molecule has 2 heteroatoms. The average molecular weight is 238 g/mol. The highest BCUT2D eigenvalue weighted by Crippen LogP contribution is 2.33. The van der Waals surface area contributed by atoms with Gasteiger partial charge in [-0.3, -0.25) is 4.90 Å². The first-order valence-corrected chi connectivity index (χ1v) is 7.59. The van der Waals surface area contributed by atoms with Crippen LogP contribution < -0.4 is 5.32 Å². The van der Waals surface area contributed by atoms with Crippen molar-refractivity contribution in [3.63, 3.8) is 0 Å². The van der Waals surface area contributed by atoms with Gasteiger partial charge in [0, 0.05) is 12.6 Å². The summed E-state index contributed by atoms with van der Waals surface area (Å²) in [7, 11) is 2.09. The predicted molar refractivity (Wildman–Crippen MR) is 74.2 cm³/mol. The third kappa shape index (κ3) is 3.45. The van der Waals surface area contributed by atoms with Gasteiger partial charge in [-0.25, -0.2) is 0 Å². The molecule has 1 aliphatic heterocycles. The highest BCUT2D eigenvalue weighted by Gasteiger charge is 2.32. The first kappa shape index (κ1) is 13.4. The molecular formula is C15H30N2. The smallest absolute Gasteiger partial charge is 0.0123 e. The molecule has 17 heavy (non-hydrogen) atoms.